The van der Waals surface area contributed by atoms with Crippen LogP contribution >= 0.6 is 46.5 Å². The van der Waals surface area contributed by atoms with Crippen molar-refractivity contribution in [2.24, 2.45) is 0 Å². The molecule has 0 spiro atoms. The number of aromatic nitrogens is 2. The van der Waals surface area contributed by atoms with Crippen LogP contribution in [-0.2, 0) is 0 Å². The Kier molecular flexibility index (Phi) is 2.93. The fourth-order valence-electron chi connectivity index (χ4n) is 1.04. The van der Waals surface area contributed by atoms with Gasteiger partial charge in [-0.25, -0.2) is 0 Å². The summed E-state index contributed by atoms with van der Waals surface area (Å²) in [5.41, 5.74) is 1.39. The van der Waals surface area contributed by atoms with Crippen molar-refractivity contribution in [3.8, 4) is 11.3 Å². The quantitative estimate of drug-likeness (QED) is 0.773. The molecule has 6 heteroatoms. The topological polar surface area (TPSA) is 25.8 Å². The SMILES string of the molecule is Clc1cc(Cl)cc(-c2nsnc2Cl)c1. The third-order valence-electron chi connectivity index (χ3n) is 1.58. The van der Waals surface area contributed by atoms with Crippen LogP contribution in [0.1, 0.15) is 0 Å². The Bertz CT molecular complexity index is 449. The summed E-state index contributed by atoms with van der Waals surface area (Å²) in [4.78, 5) is 0. The molecule has 0 saturated carbocycles. The molecule has 1 aromatic carbocycles. The van der Waals surface area contributed by atoms with E-state index in [9.17, 15) is 0 Å². The summed E-state index contributed by atoms with van der Waals surface area (Å²) < 4.78 is 7.91. The van der Waals surface area contributed by atoms with E-state index >= 15 is 0 Å². The Balaban J connectivity index is 2.57. The molecule has 0 atom stereocenters. The first-order valence-electron chi connectivity index (χ1n) is 3.61. The number of hydrogen-bond acceptors (Lipinski definition) is 3. The van der Waals surface area contributed by atoms with Crippen molar-refractivity contribution in [1.82, 2.24) is 8.75 Å². The van der Waals surface area contributed by atoms with Gasteiger partial charge in [0.05, 0.1) is 11.7 Å². The lowest BCUT2D eigenvalue weighted by molar-refractivity contribution is 1.49. The zero-order chi connectivity index (χ0) is 10.1. The second-order valence-electron chi connectivity index (χ2n) is 2.56. The molecule has 0 saturated heterocycles. The Labute approximate surface area is 99.8 Å². The van der Waals surface area contributed by atoms with Gasteiger partial charge in [0.1, 0.15) is 5.69 Å². The third-order valence-corrected chi connectivity index (χ3v) is 2.91. The van der Waals surface area contributed by atoms with E-state index in [-0.39, 0.29) is 0 Å². The van der Waals surface area contributed by atoms with Crippen LogP contribution in [0.4, 0.5) is 0 Å². The van der Waals surface area contributed by atoms with E-state index in [0.29, 0.717) is 20.9 Å². The second kappa shape index (κ2) is 4.03. The van der Waals surface area contributed by atoms with E-state index in [2.05, 4.69) is 8.75 Å². The van der Waals surface area contributed by atoms with Gasteiger partial charge in [0.15, 0.2) is 5.15 Å². The highest BCUT2D eigenvalue weighted by Crippen LogP contribution is 2.30. The molecule has 2 nitrogen and oxygen atoms in total. The predicted octanol–water partition coefficient (Wildman–Crippen LogP) is 4.17. The Morgan fingerprint density at radius 3 is 2.07 bits per heavy atom. The van der Waals surface area contributed by atoms with E-state index in [1.165, 1.54) is 0 Å². The van der Waals surface area contributed by atoms with Crippen LogP contribution in [0.5, 0.6) is 0 Å². The average Bonchev–Trinajstić information content (AvgIpc) is 2.49. The molecule has 0 N–H and O–H groups in total. The highest BCUT2D eigenvalue weighted by Gasteiger charge is 2.09. The van der Waals surface area contributed by atoms with E-state index in [0.717, 1.165) is 17.3 Å². The first-order valence-corrected chi connectivity index (χ1v) is 5.48. The first-order chi connectivity index (χ1) is 6.66. The molecule has 0 fully saturated rings. The molecule has 0 aliphatic carbocycles. The van der Waals surface area contributed by atoms with Gasteiger partial charge in [-0.1, -0.05) is 34.8 Å². The zero-order valence-corrected chi connectivity index (χ0v) is 9.75. The number of nitrogens with zero attached hydrogens (tertiary/aromatic N) is 2. The summed E-state index contributed by atoms with van der Waals surface area (Å²) in [6, 6.07) is 5.15. The van der Waals surface area contributed by atoms with Crippen molar-refractivity contribution in [2.75, 3.05) is 0 Å². The molecule has 1 aromatic heterocycles. The van der Waals surface area contributed by atoms with Crippen molar-refractivity contribution >= 4 is 46.5 Å². The van der Waals surface area contributed by atoms with Gasteiger partial charge >= 0.3 is 0 Å². The smallest absolute Gasteiger partial charge is 0.170 e. The van der Waals surface area contributed by atoms with E-state index in [4.69, 9.17) is 34.8 Å². The molecule has 0 radical (unpaired) electrons. The van der Waals surface area contributed by atoms with Gasteiger partial charge in [0.2, 0.25) is 0 Å². The molecule has 14 heavy (non-hydrogen) atoms. The van der Waals surface area contributed by atoms with E-state index < -0.39 is 0 Å². The number of halogens is 3. The fraction of sp³-hybridized carbons (Fsp3) is 0. The van der Waals surface area contributed by atoms with Crippen LogP contribution in [0.3, 0.4) is 0 Å². The maximum absolute atomic E-state index is 5.85. The van der Waals surface area contributed by atoms with Crippen LogP contribution in [0.25, 0.3) is 11.3 Å². The van der Waals surface area contributed by atoms with Crippen molar-refractivity contribution in [1.29, 1.82) is 0 Å². The number of benzene rings is 1. The Hall–Kier alpha value is -0.350. The summed E-state index contributed by atoms with van der Waals surface area (Å²) in [6.07, 6.45) is 0. The highest BCUT2D eigenvalue weighted by molar-refractivity contribution is 6.99. The summed E-state index contributed by atoms with van der Waals surface area (Å²) >= 11 is 18.6. The normalized spacial score (nSPS) is 10.5. The molecule has 0 amide bonds. The van der Waals surface area contributed by atoms with Crippen molar-refractivity contribution < 1.29 is 0 Å². The lowest BCUT2D eigenvalue weighted by Gasteiger charge is -1.99. The fourth-order valence-corrected chi connectivity index (χ4v) is 2.33. The van der Waals surface area contributed by atoms with Crippen LogP contribution in [0.15, 0.2) is 18.2 Å². The summed E-state index contributed by atoms with van der Waals surface area (Å²) in [7, 11) is 0. The minimum atomic E-state index is 0.369. The molecular weight excluding hydrogens is 263 g/mol. The average molecular weight is 266 g/mol. The van der Waals surface area contributed by atoms with Crippen LogP contribution in [0.2, 0.25) is 15.2 Å². The minimum absolute atomic E-state index is 0.369. The van der Waals surface area contributed by atoms with Gasteiger partial charge in [-0.15, -0.1) is 0 Å². The monoisotopic (exact) mass is 264 g/mol. The molecule has 2 rings (SSSR count). The summed E-state index contributed by atoms with van der Waals surface area (Å²) in [6.45, 7) is 0. The van der Waals surface area contributed by atoms with Gasteiger partial charge in [-0.05, 0) is 18.2 Å². The predicted molar refractivity (Wildman–Crippen MR) is 60.4 cm³/mol. The minimum Gasteiger partial charge on any atom is -0.171 e. The number of hydrogen-bond donors (Lipinski definition) is 0. The maximum Gasteiger partial charge on any atom is 0.170 e. The molecule has 1 heterocycles. The molecular formula is C8H3Cl3N2S. The van der Waals surface area contributed by atoms with Crippen molar-refractivity contribution in [2.45, 2.75) is 0 Å². The lowest BCUT2D eigenvalue weighted by Crippen LogP contribution is -1.79. The standard InChI is InChI=1S/C8H3Cl3N2S/c9-5-1-4(2-6(10)3-5)7-8(11)13-14-12-7/h1-3H. The molecule has 0 aliphatic rings. The van der Waals surface area contributed by atoms with E-state index in [1.54, 1.807) is 18.2 Å². The van der Waals surface area contributed by atoms with Gasteiger partial charge < -0.3 is 0 Å². The largest absolute Gasteiger partial charge is 0.171 e. The van der Waals surface area contributed by atoms with E-state index in [1.807, 2.05) is 0 Å². The molecule has 72 valence electrons. The Morgan fingerprint density at radius 1 is 0.929 bits per heavy atom. The van der Waals surface area contributed by atoms with Gasteiger partial charge in [-0.3, -0.25) is 0 Å². The van der Waals surface area contributed by atoms with Gasteiger partial charge in [0, 0.05) is 15.6 Å². The van der Waals surface area contributed by atoms with Crippen molar-refractivity contribution in [3.05, 3.63) is 33.4 Å². The molecule has 2 aromatic rings. The summed E-state index contributed by atoms with van der Waals surface area (Å²) in [5, 5.41) is 1.47. The van der Waals surface area contributed by atoms with Crippen LogP contribution in [-0.4, -0.2) is 8.75 Å². The maximum atomic E-state index is 5.85. The molecule has 0 aliphatic heterocycles. The highest BCUT2D eigenvalue weighted by atomic mass is 35.5. The van der Waals surface area contributed by atoms with Crippen molar-refractivity contribution in [3.63, 3.8) is 0 Å². The molecule has 0 unspecified atom stereocenters. The second-order valence-corrected chi connectivity index (χ2v) is 4.32. The van der Waals surface area contributed by atoms with Crippen LogP contribution in [0, 0.1) is 0 Å². The van der Waals surface area contributed by atoms with Gasteiger partial charge in [-0.2, -0.15) is 8.75 Å². The van der Waals surface area contributed by atoms with Crippen LogP contribution < -0.4 is 0 Å². The lowest BCUT2D eigenvalue weighted by atomic mass is 10.2. The first kappa shape index (κ1) is 10.2. The Morgan fingerprint density at radius 2 is 1.57 bits per heavy atom. The van der Waals surface area contributed by atoms with Gasteiger partial charge in [0.25, 0.3) is 0 Å². The zero-order valence-electron chi connectivity index (χ0n) is 6.67. The third kappa shape index (κ3) is 2.01. The summed E-state index contributed by atoms with van der Waals surface area (Å²) in [5.74, 6) is 0. The number of rotatable bonds is 1. The molecule has 0 bridgehead atoms.